The van der Waals surface area contributed by atoms with Crippen molar-refractivity contribution in [1.82, 2.24) is 0 Å². The molecule has 0 amide bonds. The Morgan fingerprint density at radius 3 is 2.39 bits per heavy atom. The Morgan fingerprint density at radius 1 is 1.06 bits per heavy atom. The lowest BCUT2D eigenvalue weighted by Gasteiger charge is -2.04. The van der Waals surface area contributed by atoms with Gasteiger partial charge in [0, 0.05) is 16.3 Å². The predicted octanol–water partition coefficient (Wildman–Crippen LogP) is 2.83. The summed E-state index contributed by atoms with van der Waals surface area (Å²) in [5.41, 5.74) is 14.2. The van der Waals surface area contributed by atoms with E-state index in [-0.39, 0.29) is 0 Å². The van der Waals surface area contributed by atoms with E-state index in [4.69, 9.17) is 23.1 Å². The van der Waals surface area contributed by atoms with Gasteiger partial charge < -0.3 is 11.5 Å². The van der Waals surface area contributed by atoms with Gasteiger partial charge in [0.1, 0.15) is 5.84 Å². The Kier molecular flexibility index (Phi) is 3.85. The average Bonchev–Trinajstić information content (AvgIpc) is 2.38. The molecule has 0 aromatic heterocycles. The number of nitrogen functional groups attached to an aromatic ring is 1. The first-order valence-corrected chi connectivity index (χ1v) is 5.94. The van der Waals surface area contributed by atoms with Gasteiger partial charge >= 0.3 is 0 Å². The maximum atomic E-state index is 5.92. The standard InChI is InChI=1S/C14H14ClN3/c15-11-7-5-10(6-8-11)9-18-14(17)12-3-1-2-4-13(12)16/h1-8H,9,16H2,(H2,17,18). The van der Waals surface area contributed by atoms with Crippen LogP contribution in [0.15, 0.2) is 53.5 Å². The summed E-state index contributed by atoms with van der Waals surface area (Å²) in [5, 5.41) is 0.711. The van der Waals surface area contributed by atoms with Gasteiger partial charge in [0.15, 0.2) is 0 Å². The maximum Gasteiger partial charge on any atom is 0.128 e. The quantitative estimate of drug-likeness (QED) is 0.506. The SMILES string of the molecule is NC(=NCc1ccc(Cl)cc1)c1ccccc1N. The first-order chi connectivity index (χ1) is 8.66. The normalized spacial score (nSPS) is 11.5. The lowest BCUT2D eigenvalue weighted by Crippen LogP contribution is -2.15. The van der Waals surface area contributed by atoms with Gasteiger partial charge in [-0.05, 0) is 29.8 Å². The fourth-order valence-corrected chi connectivity index (χ4v) is 1.71. The number of para-hydroxylation sites is 1. The van der Waals surface area contributed by atoms with E-state index < -0.39 is 0 Å². The summed E-state index contributed by atoms with van der Waals surface area (Å²) in [6.45, 7) is 0.511. The van der Waals surface area contributed by atoms with Gasteiger partial charge in [-0.2, -0.15) is 0 Å². The third-order valence-electron chi connectivity index (χ3n) is 2.58. The van der Waals surface area contributed by atoms with Crippen LogP contribution in [0.2, 0.25) is 5.02 Å². The topological polar surface area (TPSA) is 64.4 Å². The fourth-order valence-electron chi connectivity index (χ4n) is 1.58. The van der Waals surface area contributed by atoms with E-state index >= 15 is 0 Å². The average molecular weight is 260 g/mol. The monoisotopic (exact) mass is 259 g/mol. The largest absolute Gasteiger partial charge is 0.398 e. The molecule has 0 saturated heterocycles. The van der Waals surface area contributed by atoms with Crippen molar-refractivity contribution in [2.24, 2.45) is 10.7 Å². The second-order valence-electron chi connectivity index (χ2n) is 3.92. The van der Waals surface area contributed by atoms with Crippen LogP contribution in [0.1, 0.15) is 11.1 Å². The molecular weight excluding hydrogens is 246 g/mol. The number of rotatable bonds is 3. The van der Waals surface area contributed by atoms with Gasteiger partial charge in [-0.1, -0.05) is 35.9 Å². The van der Waals surface area contributed by atoms with Gasteiger partial charge in [-0.15, -0.1) is 0 Å². The molecule has 2 aromatic rings. The summed E-state index contributed by atoms with van der Waals surface area (Å²) < 4.78 is 0. The van der Waals surface area contributed by atoms with E-state index in [9.17, 15) is 0 Å². The summed E-state index contributed by atoms with van der Waals surface area (Å²) in [4.78, 5) is 4.33. The van der Waals surface area contributed by atoms with Crippen molar-refractivity contribution in [2.75, 3.05) is 5.73 Å². The first-order valence-electron chi connectivity index (χ1n) is 5.56. The van der Waals surface area contributed by atoms with Gasteiger partial charge in [0.2, 0.25) is 0 Å². The van der Waals surface area contributed by atoms with Gasteiger partial charge in [0.25, 0.3) is 0 Å². The number of aliphatic imine (C=N–C) groups is 1. The van der Waals surface area contributed by atoms with Crippen molar-refractivity contribution in [2.45, 2.75) is 6.54 Å². The summed E-state index contributed by atoms with van der Waals surface area (Å²) in [7, 11) is 0. The van der Waals surface area contributed by atoms with Crippen LogP contribution >= 0.6 is 11.6 Å². The Bertz CT molecular complexity index is 562. The van der Waals surface area contributed by atoms with Crippen LogP contribution in [-0.2, 0) is 6.54 Å². The number of amidine groups is 1. The molecule has 18 heavy (non-hydrogen) atoms. The van der Waals surface area contributed by atoms with Gasteiger partial charge in [0.05, 0.1) is 6.54 Å². The second kappa shape index (κ2) is 5.56. The molecular formula is C14H14ClN3. The third kappa shape index (κ3) is 3.02. The lowest BCUT2D eigenvalue weighted by molar-refractivity contribution is 1.06. The Balaban J connectivity index is 2.14. The third-order valence-corrected chi connectivity index (χ3v) is 2.83. The second-order valence-corrected chi connectivity index (χ2v) is 4.35. The summed E-state index contributed by atoms with van der Waals surface area (Å²) in [5.74, 6) is 0.447. The summed E-state index contributed by atoms with van der Waals surface area (Å²) >= 11 is 5.81. The molecule has 0 spiro atoms. The molecule has 4 heteroatoms. The highest BCUT2D eigenvalue weighted by Crippen LogP contribution is 2.12. The van der Waals surface area contributed by atoms with Crippen LogP contribution in [0.4, 0.5) is 5.69 Å². The molecule has 0 heterocycles. The van der Waals surface area contributed by atoms with Crippen molar-refractivity contribution < 1.29 is 0 Å². The molecule has 3 nitrogen and oxygen atoms in total. The van der Waals surface area contributed by atoms with E-state index in [0.29, 0.717) is 23.1 Å². The highest BCUT2D eigenvalue weighted by molar-refractivity contribution is 6.30. The van der Waals surface area contributed by atoms with Gasteiger partial charge in [-0.3, -0.25) is 4.99 Å². The number of hydrogen-bond donors (Lipinski definition) is 2. The molecule has 0 aliphatic carbocycles. The highest BCUT2D eigenvalue weighted by atomic mass is 35.5. The van der Waals surface area contributed by atoms with Crippen molar-refractivity contribution in [3.63, 3.8) is 0 Å². The van der Waals surface area contributed by atoms with E-state index in [2.05, 4.69) is 4.99 Å². The van der Waals surface area contributed by atoms with Crippen LogP contribution in [0.5, 0.6) is 0 Å². The molecule has 0 fully saturated rings. The minimum absolute atomic E-state index is 0.447. The molecule has 92 valence electrons. The molecule has 0 atom stereocenters. The van der Waals surface area contributed by atoms with E-state index in [0.717, 1.165) is 11.1 Å². The van der Waals surface area contributed by atoms with Crippen LogP contribution < -0.4 is 11.5 Å². The number of anilines is 1. The fraction of sp³-hybridized carbons (Fsp3) is 0.0714. The number of hydrogen-bond acceptors (Lipinski definition) is 2. The van der Waals surface area contributed by atoms with Crippen molar-refractivity contribution in [3.8, 4) is 0 Å². The minimum Gasteiger partial charge on any atom is -0.398 e. The Morgan fingerprint density at radius 2 is 1.72 bits per heavy atom. The van der Waals surface area contributed by atoms with E-state index in [1.807, 2.05) is 42.5 Å². The molecule has 0 unspecified atom stereocenters. The molecule has 0 aliphatic heterocycles. The molecule has 4 N–H and O–H groups in total. The van der Waals surface area contributed by atoms with Crippen LogP contribution in [0, 0.1) is 0 Å². The Hall–Kier alpha value is -2.00. The molecule has 0 radical (unpaired) electrons. The first kappa shape index (κ1) is 12.5. The van der Waals surface area contributed by atoms with E-state index in [1.165, 1.54) is 0 Å². The number of halogens is 1. The summed E-state index contributed by atoms with van der Waals surface area (Å²) in [6, 6.07) is 14.9. The van der Waals surface area contributed by atoms with Crippen molar-refractivity contribution >= 4 is 23.1 Å². The predicted molar refractivity (Wildman–Crippen MR) is 76.7 cm³/mol. The highest BCUT2D eigenvalue weighted by Gasteiger charge is 2.01. The van der Waals surface area contributed by atoms with Crippen molar-refractivity contribution in [1.29, 1.82) is 0 Å². The number of benzene rings is 2. The molecule has 0 bridgehead atoms. The molecule has 2 rings (SSSR count). The van der Waals surface area contributed by atoms with Crippen LogP contribution in [0.3, 0.4) is 0 Å². The molecule has 0 aliphatic rings. The molecule has 2 aromatic carbocycles. The smallest absolute Gasteiger partial charge is 0.128 e. The van der Waals surface area contributed by atoms with Crippen molar-refractivity contribution in [3.05, 3.63) is 64.7 Å². The summed E-state index contributed by atoms with van der Waals surface area (Å²) in [6.07, 6.45) is 0. The zero-order valence-electron chi connectivity index (χ0n) is 9.81. The lowest BCUT2D eigenvalue weighted by atomic mass is 10.1. The zero-order valence-corrected chi connectivity index (χ0v) is 10.6. The number of nitrogens with zero attached hydrogens (tertiary/aromatic N) is 1. The zero-order chi connectivity index (χ0) is 13.0. The Labute approximate surface area is 111 Å². The van der Waals surface area contributed by atoms with Crippen LogP contribution in [-0.4, -0.2) is 5.84 Å². The molecule has 0 saturated carbocycles. The van der Waals surface area contributed by atoms with Gasteiger partial charge in [-0.25, -0.2) is 0 Å². The maximum absolute atomic E-state index is 5.92. The number of nitrogens with two attached hydrogens (primary N) is 2. The van der Waals surface area contributed by atoms with Crippen LogP contribution in [0.25, 0.3) is 0 Å². The van der Waals surface area contributed by atoms with E-state index in [1.54, 1.807) is 6.07 Å². The minimum atomic E-state index is 0.447.